The van der Waals surface area contributed by atoms with E-state index in [0.29, 0.717) is 11.5 Å². The van der Waals surface area contributed by atoms with Crippen molar-refractivity contribution in [2.24, 2.45) is 0 Å². The van der Waals surface area contributed by atoms with Crippen molar-refractivity contribution in [2.75, 3.05) is 18.6 Å². The largest absolute Gasteiger partial charge is 0.493 e. The molecule has 1 unspecified atom stereocenters. The van der Waals surface area contributed by atoms with E-state index in [1.807, 2.05) is 11.8 Å². The number of carboxylic acids is 1. The van der Waals surface area contributed by atoms with Crippen LogP contribution >= 0.6 is 11.8 Å². The molecular formula is C14H18O5S. The highest BCUT2D eigenvalue weighted by atomic mass is 32.2. The third kappa shape index (κ3) is 3.58. The van der Waals surface area contributed by atoms with Crippen molar-refractivity contribution in [1.29, 1.82) is 0 Å². The number of hydrogen-bond acceptors (Lipinski definition) is 5. The Balaban J connectivity index is 2.14. The summed E-state index contributed by atoms with van der Waals surface area (Å²) in [6, 6.07) is 4.71. The Kier molecular flexibility index (Phi) is 5.14. The highest BCUT2D eigenvalue weighted by Gasteiger charge is 2.20. The van der Waals surface area contributed by atoms with Gasteiger partial charge in [-0.15, -0.1) is 0 Å². The number of thioether (sulfide) groups is 1. The molecule has 0 amide bonds. The van der Waals surface area contributed by atoms with Gasteiger partial charge in [-0.2, -0.15) is 11.8 Å². The van der Waals surface area contributed by atoms with Gasteiger partial charge in [-0.3, -0.25) is 0 Å². The molecule has 1 aliphatic heterocycles. The van der Waals surface area contributed by atoms with E-state index in [-0.39, 0.29) is 11.7 Å². The highest BCUT2D eigenvalue weighted by molar-refractivity contribution is 7.99. The van der Waals surface area contributed by atoms with Crippen molar-refractivity contribution in [1.82, 2.24) is 0 Å². The number of hydrogen-bond donors (Lipinski definition) is 2. The fraction of sp³-hybridized carbons (Fsp3) is 0.500. The Morgan fingerprint density at radius 2 is 2.05 bits per heavy atom. The lowest BCUT2D eigenvalue weighted by atomic mass is 10.1. The third-order valence-corrected chi connectivity index (χ3v) is 4.25. The second kappa shape index (κ2) is 6.85. The normalized spacial score (nSPS) is 17.5. The Labute approximate surface area is 121 Å². The molecule has 110 valence electrons. The number of aliphatic hydroxyl groups excluding tert-OH is 1. The van der Waals surface area contributed by atoms with Crippen LogP contribution in [0.25, 0.3) is 0 Å². The van der Waals surface area contributed by atoms with Gasteiger partial charge in [0.05, 0.1) is 7.11 Å². The predicted octanol–water partition coefficient (Wildman–Crippen LogP) is 2.09. The van der Waals surface area contributed by atoms with E-state index in [9.17, 15) is 9.90 Å². The topological polar surface area (TPSA) is 76.0 Å². The maximum Gasteiger partial charge on any atom is 0.337 e. The standard InChI is InChI=1S/C14H18O5S/c1-18-12-8-9(13(15)14(16)17)2-3-11(12)19-10-4-6-20-7-5-10/h2-3,8,10,13,15H,4-7H2,1H3,(H,16,17). The molecule has 0 radical (unpaired) electrons. The van der Waals surface area contributed by atoms with Crippen LogP contribution in [0.15, 0.2) is 18.2 Å². The number of aliphatic carboxylic acids is 1. The number of carbonyl (C=O) groups is 1. The van der Waals surface area contributed by atoms with E-state index in [4.69, 9.17) is 14.6 Å². The minimum Gasteiger partial charge on any atom is -0.493 e. The molecule has 0 saturated carbocycles. The van der Waals surface area contributed by atoms with E-state index in [1.165, 1.54) is 13.2 Å². The van der Waals surface area contributed by atoms with Gasteiger partial charge in [-0.05, 0) is 42.0 Å². The second-order valence-corrected chi connectivity index (χ2v) is 5.81. The van der Waals surface area contributed by atoms with Gasteiger partial charge in [0.15, 0.2) is 17.6 Å². The average Bonchev–Trinajstić information content (AvgIpc) is 2.48. The molecule has 0 bridgehead atoms. The molecule has 6 heteroatoms. The van der Waals surface area contributed by atoms with Crippen LogP contribution in [0.2, 0.25) is 0 Å². The van der Waals surface area contributed by atoms with Gasteiger partial charge in [0, 0.05) is 0 Å². The molecular weight excluding hydrogens is 280 g/mol. The second-order valence-electron chi connectivity index (χ2n) is 4.58. The summed E-state index contributed by atoms with van der Waals surface area (Å²) in [6.07, 6.45) is 0.602. The Morgan fingerprint density at radius 3 is 2.65 bits per heavy atom. The highest BCUT2D eigenvalue weighted by Crippen LogP contribution is 2.33. The first kappa shape index (κ1) is 15.0. The summed E-state index contributed by atoms with van der Waals surface area (Å²) in [5.74, 6) is 1.92. The molecule has 1 heterocycles. The van der Waals surface area contributed by atoms with Gasteiger partial charge in [0.1, 0.15) is 6.10 Å². The summed E-state index contributed by atoms with van der Waals surface area (Å²) in [6.45, 7) is 0. The minimum atomic E-state index is -1.55. The van der Waals surface area contributed by atoms with E-state index in [2.05, 4.69) is 0 Å². The van der Waals surface area contributed by atoms with Crippen LogP contribution in [0.4, 0.5) is 0 Å². The first-order valence-corrected chi connectivity index (χ1v) is 7.60. The molecule has 0 aromatic heterocycles. The lowest BCUT2D eigenvalue weighted by Crippen LogP contribution is -2.22. The van der Waals surface area contributed by atoms with Crippen molar-refractivity contribution in [3.8, 4) is 11.5 Å². The van der Waals surface area contributed by atoms with Crippen molar-refractivity contribution in [3.05, 3.63) is 23.8 Å². The Bertz CT molecular complexity index is 471. The molecule has 1 fully saturated rings. The molecule has 1 aromatic carbocycles. The van der Waals surface area contributed by atoms with Crippen LogP contribution in [0.5, 0.6) is 11.5 Å². The summed E-state index contributed by atoms with van der Waals surface area (Å²) in [7, 11) is 1.50. The first-order valence-electron chi connectivity index (χ1n) is 6.45. The van der Waals surface area contributed by atoms with Gasteiger partial charge in [-0.25, -0.2) is 4.79 Å². The minimum absolute atomic E-state index is 0.167. The van der Waals surface area contributed by atoms with Crippen LogP contribution in [0.1, 0.15) is 24.5 Å². The van der Waals surface area contributed by atoms with Gasteiger partial charge in [0.2, 0.25) is 0 Å². The third-order valence-electron chi connectivity index (χ3n) is 3.20. The molecule has 2 rings (SSSR count). The van der Waals surface area contributed by atoms with E-state index < -0.39 is 12.1 Å². The maximum absolute atomic E-state index is 10.8. The average molecular weight is 298 g/mol. The van der Waals surface area contributed by atoms with Crippen molar-refractivity contribution in [2.45, 2.75) is 25.0 Å². The van der Waals surface area contributed by atoms with Gasteiger partial charge < -0.3 is 19.7 Å². The number of aliphatic hydroxyl groups is 1. The summed E-state index contributed by atoms with van der Waals surface area (Å²) in [4.78, 5) is 10.8. The summed E-state index contributed by atoms with van der Waals surface area (Å²) in [5.41, 5.74) is 0.279. The molecule has 0 aliphatic carbocycles. The smallest absolute Gasteiger partial charge is 0.337 e. The zero-order valence-electron chi connectivity index (χ0n) is 11.2. The summed E-state index contributed by atoms with van der Waals surface area (Å²) < 4.78 is 11.1. The van der Waals surface area contributed by atoms with E-state index >= 15 is 0 Å². The lowest BCUT2D eigenvalue weighted by Gasteiger charge is -2.24. The Morgan fingerprint density at radius 1 is 1.35 bits per heavy atom. The van der Waals surface area contributed by atoms with Crippen LogP contribution in [0.3, 0.4) is 0 Å². The predicted molar refractivity (Wildman–Crippen MR) is 76.6 cm³/mol. The van der Waals surface area contributed by atoms with Gasteiger partial charge >= 0.3 is 5.97 Å². The zero-order chi connectivity index (χ0) is 14.5. The van der Waals surface area contributed by atoms with Crippen LogP contribution in [0, 0.1) is 0 Å². The quantitative estimate of drug-likeness (QED) is 0.867. The Hall–Kier alpha value is -1.40. The molecule has 1 aromatic rings. The SMILES string of the molecule is COc1cc(C(O)C(=O)O)ccc1OC1CCSCC1. The van der Waals surface area contributed by atoms with Crippen LogP contribution in [-0.2, 0) is 4.79 Å². The van der Waals surface area contributed by atoms with Gasteiger partial charge in [-0.1, -0.05) is 6.07 Å². The molecule has 2 N–H and O–H groups in total. The fourth-order valence-electron chi connectivity index (χ4n) is 2.07. The molecule has 1 atom stereocenters. The maximum atomic E-state index is 10.8. The zero-order valence-corrected chi connectivity index (χ0v) is 12.1. The lowest BCUT2D eigenvalue weighted by molar-refractivity contribution is -0.146. The van der Waals surface area contributed by atoms with Gasteiger partial charge in [0.25, 0.3) is 0 Å². The van der Waals surface area contributed by atoms with Crippen LogP contribution < -0.4 is 9.47 Å². The number of ether oxygens (including phenoxy) is 2. The van der Waals surface area contributed by atoms with Crippen molar-refractivity contribution in [3.63, 3.8) is 0 Å². The molecule has 1 saturated heterocycles. The first-order chi connectivity index (χ1) is 9.61. The van der Waals surface area contributed by atoms with Crippen LogP contribution in [-0.4, -0.2) is 40.9 Å². The summed E-state index contributed by atoms with van der Waals surface area (Å²) in [5, 5.41) is 18.3. The number of rotatable bonds is 5. The molecule has 5 nitrogen and oxygen atoms in total. The number of carboxylic acid groups (broad SMARTS) is 1. The molecule has 20 heavy (non-hydrogen) atoms. The molecule has 1 aliphatic rings. The number of benzene rings is 1. The van der Waals surface area contributed by atoms with Crippen molar-refractivity contribution >= 4 is 17.7 Å². The van der Waals surface area contributed by atoms with E-state index in [1.54, 1.807) is 12.1 Å². The molecule has 0 spiro atoms. The monoisotopic (exact) mass is 298 g/mol. The number of methoxy groups -OCH3 is 1. The summed E-state index contributed by atoms with van der Waals surface area (Å²) >= 11 is 1.92. The van der Waals surface area contributed by atoms with Crippen molar-refractivity contribution < 1.29 is 24.5 Å². The fourth-order valence-corrected chi connectivity index (χ4v) is 3.13. The van der Waals surface area contributed by atoms with E-state index in [0.717, 1.165) is 24.3 Å².